The summed E-state index contributed by atoms with van der Waals surface area (Å²) >= 11 is 0. The fraction of sp³-hybridized carbons (Fsp3) is 0.278. The van der Waals surface area contributed by atoms with Gasteiger partial charge in [0.1, 0.15) is 5.82 Å². The van der Waals surface area contributed by atoms with Gasteiger partial charge in [-0.3, -0.25) is 9.36 Å². The van der Waals surface area contributed by atoms with Crippen LogP contribution in [0.1, 0.15) is 28.3 Å². The van der Waals surface area contributed by atoms with E-state index in [4.69, 9.17) is 0 Å². The van der Waals surface area contributed by atoms with Crippen LogP contribution in [0.25, 0.3) is 10.9 Å². The second-order valence-corrected chi connectivity index (χ2v) is 6.00. The van der Waals surface area contributed by atoms with E-state index in [1.54, 1.807) is 10.8 Å². The topological polar surface area (TPSA) is 63.6 Å². The van der Waals surface area contributed by atoms with Crippen molar-refractivity contribution in [2.75, 3.05) is 0 Å². The maximum atomic E-state index is 13.0. The first kappa shape index (κ1) is 13.8. The molecular formula is C18H16N4O. The lowest BCUT2D eigenvalue weighted by Gasteiger charge is -2.22. The van der Waals surface area contributed by atoms with E-state index in [2.05, 4.69) is 11.2 Å². The molecule has 23 heavy (non-hydrogen) atoms. The molecular weight excluding hydrogens is 288 g/mol. The van der Waals surface area contributed by atoms with E-state index in [-0.39, 0.29) is 11.7 Å². The van der Waals surface area contributed by atoms with Gasteiger partial charge in [0.25, 0.3) is 0 Å². The number of hydrogen-bond acceptors (Lipinski definition) is 3. The van der Waals surface area contributed by atoms with Gasteiger partial charge < -0.3 is 4.57 Å². The van der Waals surface area contributed by atoms with Crippen LogP contribution in [-0.2, 0) is 13.0 Å². The molecule has 0 saturated carbocycles. The fourth-order valence-electron chi connectivity index (χ4n) is 3.57. The summed E-state index contributed by atoms with van der Waals surface area (Å²) in [5.74, 6) is 1.00. The van der Waals surface area contributed by atoms with Crippen molar-refractivity contribution in [3.8, 4) is 6.19 Å². The van der Waals surface area contributed by atoms with Crippen LogP contribution >= 0.6 is 0 Å². The number of benzene rings is 1. The smallest absolute Gasteiger partial charge is 0.189 e. The summed E-state index contributed by atoms with van der Waals surface area (Å²) in [4.78, 5) is 17.3. The van der Waals surface area contributed by atoms with Gasteiger partial charge >= 0.3 is 0 Å². The zero-order valence-corrected chi connectivity index (χ0v) is 12.9. The zero-order chi connectivity index (χ0) is 16.0. The lowest BCUT2D eigenvalue weighted by molar-refractivity contribution is 0.0888. The van der Waals surface area contributed by atoms with Crippen LogP contribution in [0.4, 0.5) is 0 Å². The second-order valence-electron chi connectivity index (χ2n) is 6.00. The maximum Gasteiger partial charge on any atom is 0.189 e. The number of aryl methyl sites for hydroxylation is 1. The summed E-state index contributed by atoms with van der Waals surface area (Å²) in [6.07, 6.45) is 7.41. The molecule has 5 nitrogen and oxygen atoms in total. The van der Waals surface area contributed by atoms with Crippen LogP contribution in [0.15, 0.2) is 36.7 Å². The minimum absolute atomic E-state index is 0.0617. The van der Waals surface area contributed by atoms with Crippen LogP contribution < -0.4 is 0 Å². The van der Waals surface area contributed by atoms with Gasteiger partial charge in [-0.2, -0.15) is 5.26 Å². The van der Waals surface area contributed by atoms with Gasteiger partial charge in [-0.1, -0.05) is 18.2 Å². The van der Waals surface area contributed by atoms with Crippen molar-refractivity contribution >= 4 is 16.7 Å². The Morgan fingerprint density at radius 3 is 2.96 bits per heavy atom. The molecule has 1 aliphatic carbocycles. The lowest BCUT2D eigenvalue weighted by Crippen LogP contribution is -2.27. The van der Waals surface area contributed by atoms with Crippen molar-refractivity contribution in [3.05, 3.63) is 53.7 Å². The van der Waals surface area contributed by atoms with Gasteiger partial charge in [0, 0.05) is 41.5 Å². The molecule has 0 bridgehead atoms. The SMILES string of the molecule is Cc1nccn1CC1CCc2c(c3ccccc3n2C#N)C1=O. The molecule has 1 atom stereocenters. The molecule has 0 fully saturated rings. The van der Waals surface area contributed by atoms with Crippen molar-refractivity contribution in [1.82, 2.24) is 14.1 Å². The predicted molar refractivity (Wildman–Crippen MR) is 86.1 cm³/mol. The van der Waals surface area contributed by atoms with Gasteiger partial charge in [0.15, 0.2) is 12.0 Å². The van der Waals surface area contributed by atoms with E-state index in [0.717, 1.165) is 40.8 Å². The summed E-state index contributed by atoms with van der Waals surface area (Å²) in [6, 6.07) is 7.66. The zero-order valence-electron chi connectivity index (χ0n) is 12.9. The Balaban J connectivity index is 1.80. The lowest BCUT2D eigenvalue weighted by atomic mass is 9.85. The van der Waals surface area contributed by atoms with Crippen molar-refractivity contribution in [3.63, 3.8) is 0 Å². The van der Waals surface area contributed by atoms with Crippen LogP contribution in [0.5, 0.6) is 0 Å². The van der Waals surface area contributed by atoms with E-state index < -0.39 is 0 Å². The molecule has 0 saturated heterocycles. The first-order valence-corrected chi connectivity index (χ1v) is 7.75. The van der Waals surface area contributed by atoms with E-state index in [1.807, 2.05) is 42.0 Å². The maximum absolute atomic E-state index is 13.0. The van der Waals surface area contributed by atoms with E-state index >= 15 is 0 Å². The molecule has 4 rings (SSSR count). The molecule has 0 radical (unpaired) electrons. The van der Waals surface area contributed by atoms with Crippen molar-refractivity contribution in [2.45, 2.75) is 26.3 Å². The van der Waals surface area contributed by atoms with Crippen LogP contribution in [0, 0.1) is 24.3 Å². The van der Waals surface area contributed by atoms with E-state index in [0.29, 0.717) is 6.54 Å². The normalized spacial score (nSPS) is 17.2. The molecule has 1 unspecified atom stereocenters. The molecule has 0 N–H and O–H groups in total. The number of nitrogens with zero attached hydrogens (tertiary/aromatic N) is 4. The number of imidazole rings is 1. The Bertz CT molecular complexity index is 957. The highest BCUT2D eigenvalue weighted by atomic mass is 16.1. The molecule has 2 aromatic heterocycles. The van der Waals surface area contributed by atoms with Gasteiger partial charge in [-0.25, -0.2) is 4.98 Å². The Kier molecular flexibility index (Phi) is 3.05. The van der Waals surface area contributed by atoms with Crippen LogP contribution in [0.3, 0.4) is 0 Å². The Morgan fingerprint density at radius 1 is 1.39 bits per heavy atom. The highest BCUT2D eigenvalue weighted by Crippen LogP contribution is 2.34. The highest BCUT2D eigenvalue weighted by Gasteiger charge is 2.33. The number of aromatic nitrogens is 3. The molecule has 3 aromatic rings. The summed E-state index contributed by atoms with van der Waals surface area (Å²) in [6.45, 7) is 2.59. The quantitative estimate of drug-likeness (QED) is 0.731. The Hall–Kier alpha value is -2.87. The standard InChI is InChI=1S/C18H16N4O/c1-12-20-8-9-21(12)10-13-6-7-16-17(18(13)23)14-4-2-3-5-15(14)22(16)11-19/h2-5,8-9,13H,6-7,10H2,1H3. The van der Waals surface area contributed by atoms with Crippen LogP contribution in [0.2, 0.25) is 0 Å². The minimum Gasteiger partial charge on any atom is -0.334 e. The number of carbonyl (C=O) groups excluding carboxylic acids is 1. The highest BCUT2D eigenvalue weighted by molar-refractivity contribution is 6.11. The number of fused-ring (bicyclic) bond motifs is 3. The molecule has 0 aliphatic heterocycles. The number of para-hydroxylation sites is 1. The largest absolute Gasteiger partial charge is 0.334 e. The number of carbonyl (C=O) groups is 1. The summed E-state index contributed by atoms with van der Waals surface area (Å²) in [5, 5.41) is 10.4. The second kappa shape index (κ2) is 5.10. The third-order valence-corrected chi connectivity index (χ3v) is 4.76. The number of nitriles is 1. The number of ketones is 1. The molecule has 1 aromatic carbocycles. The molecule has 2 heterocycles. The fourth-order valence-corrected chi connectivity index (χ4v) is 3.57. The molecule has 5 heteroatoms. The molecule has 0 spiro atoms. The van der Waals surface area contributed by atoms with Crippen LogP contribution in [-0.4, -0.2) is 19.9 Å². The first-order chi connectivity index (χ1) is 11.2. The molecule has 1 aliphatic rings. The van der Waals surface area contributed by atoms with Gasteiger partial charge in [0.2, 0.25) is 0 Å². The average Bonchev–Trinajstić information content (AvgIpc) is 3.11. The Morgan fingerprint density at radius 2 is 2.22 bits per heavy atom. The third kappa shape index (κ3) is 1.99. The number of Topliss-reactive ketones (excluding diaryl/α,β-unsaturated/α-hetero) is 1. The van der Waals surface area contributed by atoms with Gasteiger partial charge in [-0.05, 0) is 25.8 Å². The molecule has 0 amide bonds. The number of rotatable bonds is 2. The summed E-state index contributed by atoms with van der Waals surface area (Å²) < 4.78 is 3.64. The molecule has 114 valence electrons. The van der Waals surface area contributed by atoms with Crippen molar-refractivity contribution in [1.29, 1.82) is 5.26 Å². The van der Waals surface area contributed by atoms with Crippen molar-refractivity contribution in [2.24, 2.45) is 5.92 Å². The third-order valence-electron chi connectivity index (χ3n) is 4.76. The summed E-state index contributed by atoms with van der Waals surface area (Å²) in [5.41, 5.74) is 2.42. The van der Waals surface area contributed by atoms with E-state index in [9.17, 15) is 10.1 Å². The van der Waals surface area contributed by atoms with Crippen molar-refractivity contribution < 1.29 is 4.79 Å². The van der Waals surface area contributed by atoms with Gasteiger partial charge in [-0.15, -0.1) is 0 Å². The summed E-state index contributed by atoms with van der Waals surface area (Å²) in [7, 11) is 0. The Labute approximate surface area is 133 Å². The monoisotopic (exact) mass is 304 g/mol. The van der Waals surface area contributed by atoms with Gasteiger partial charge in [0.05, 0.1) is 5.52 Å². The number of hydrogen-bond donors (Lipinski definition) is 0. The average molecular weight is 304 g/mol. The first-order valence-electron chi connectivity index (χ1n) is 7.75. The minimum atomic E-state index is -0.0617. The predicted octanol–water partition coefficient (Wildman–Crippen LogP) is 2.92. The van der Waals surface area contributed by atoms with E-state index in [1.165, 1.54) is 0 Å².